The molecule has 36 heavy (non-hydrogen) atoms. The Labute approximate surface area is 207 Å². The molecule has 2 unspecified atom stereocenters. The number of piperidine rings is 1. The van der Waals surface area contributed by atoms with Crippen molar-refractivity contribution in [1.29, 1.82) is 0 Å². The summed E-state index contributed by atoms with van der Waals surface area (Å²) in [5.74, 6) is 1.38. The van der Waals surface area contributed by atoms with E-state index in [1.54, 1.807) is 16.9 Å². The third-order valence-electron chi connectivity index (χ3n) is 6.63. The molecule has 3 fully saturated rings. The number of halogens is 1. The van der Waals surface area contributed by atoms with Crippen LogP contribution in [0.2, 0.25) is 0 Å². The van der Waals surface area contributed by atoms with Crippen LogP contribution < -0.4 is 9.64 Å². The van der Waals surface area contributed by atoms with E-state index in [0.29, 0.717) is 11.4 Å². The van der Waals surface area contributed by atoms with E-state index in [1.165, 1.54) is 0 Å². The fourth-order valence-electron chi connectivity index (χ4n) is 5.14. The van der Waals surface area contributed by atoms with Crippen molar-refractivity contribution in [3.63, 3.8) is 0 Å². The predicted molar refractivity (Wildman–Crippen MR) is 132 cm³/mol. The first-order valence-electron chi connectivity index (χ1n) is 12.1. The summed E-state index contributed by atoms with van der Waals surface area (Å²) in [4.78, 5) is 21.4. The molecule has 0 saturated carbocycles. The zero-order chi connectivity index (χ0) is 25.0. The number of nitrogens with one attached hydrogen (secondary N) is 1. The van der Waals surface area contributed by atoms with Gasteiger partial charge in [0.05, 0.1) is 35.4 Å². The largest absolute Gasteiger partial charge is 0.489 e. The molecule has 2 bridgehead atoms. The number of fused-ring (bicyclic) bond motifs is 5. The SMILES string of the molecule is CC(C)(C)OC(=O)N1C2CC1CN(c1ccc(-c3cc(OCCF)cn4nc5[nH]ncc5c34)cn1)C2. The van der Waals surface area contributed by atoms with Gasteiger partial charge in [-0.05, 0) is 45.4 Å². The van der Waals surface area contributed by atoms with Crippen molar-refractivity contribution in [2.24, 2.45) is 0 Å². The molecule has 0 aliphatic carbocycles. The van der Waals surface area contributed by atoms with Gasteiger partial charge >= 0.3 is 6.09 Å². The first kappa shape index (κ1) is 22.6. The first-order valence-corrected chi connectivity index (χ1v) is 12.1. The molecule has 188 valence electrons. The summed E-state index contributed by atoms with van der Waals surface area (Å²) in [5, 5.41) is 12.4. The van der Waals surface area contributed by atoms with E-state index in [9.17, 15) is 9.18 Å². The number of hydrogen-bond donors (Lipinski definition) is 1. The smallest absolute Gasteiger partial charge is 0.410 e. The van der Waals surface area contributed by atoms with Crippen molar-refractivity contribution < 1.29 is 18.7 Å². The molecular formula is C25H28FN7O3. The lowest BCUT2D eigenvalue weighted by Gasteiger charge is -2.56. The molecule has 2 atom stereocenters. The number of aromatic nitrogens is 5. The van der Waals surface area contributed by atoms with Crippen LogP contribution in [0.3, 0.4) is 0 Å². The summed E-state index contributed by atoms with van der Waals surface area (Å²) in [5.41, 5.74) is 2.77. The Balaban J connectivity index is 1.25. The number of hydrogen-bond acceptors (Lipinski definition) is 7. The molecule has 4 aromatic rings. The van der Waals surface area contributed by atoms with Crippen LogP contribution in [0.1, 0.15) is 27.2 Å². The molecule has 10 nitrogen and oxygen atoms in total. The maximum absolute atomic E-state index is 12.7. The maximum Gasteiger partial charge on any atom is 0.410 e. The quantitative estimate of drug-likeness (QED) is 0.451. The molecule has 0 radical (unpaired) electrons. The van der Waals surface area contributed by atoms with Crippen LogP contribution in [0.15, 0.2) is 36.8 Å². The molecular weight excluding hydrogens is 465 g/mol. The number of alkyl halides is 1. The Morgan fingerprint density at radius 2 is 2.03 bits per heavy atom. The van der Waals surface area contributed by atoms with Gasteiger partial charge < -0.3 is 14.4 Å². The minimum absolute atomic E-state index is 0.0273. The minimum atomic E-state index is -0.573. The van der Waals surface area contributed by atoms with Gasteiger partial charge in [0.2, 0.25) is 0 Å². The Morgan fingerprint density at radius 3 is 2.72 bits per heavy atom. The molecule has 1 N–H and O–H groups in total. The predicted octanol–water partition coefficient (Wildman–Crippen LogP) is 3.82. The van der Waals surface area contributed by atoms with Gasteiger partial charge in [-0.1, -0.05) is 0 Å². The van der Waals surface area contributed by atoms with Gasteiger partial charge in [-0.15, -0.1) is 5.10 Å². The number of nitrogens with zero attached hydrogens (tertiary/aromatic N) is 6. The van der Waals surface area contributed by atoms with Crippen LogP contribution in [0.4, 0.5) is 15.0 Å². The van der Waals surface area contributed by atoms with E-state index in [0.717, 1.165) is 47.4 Å². The average molecular weight is 494 g/mol. The normalized spacial score (nSPS) is 19.6. The lowest BCUT2D eigenvalue weighted by molar-refractivity contribution is -0.0380. The number of H-pyrrole nitrogens is 1. The minimum Gasteiger partial charge on any atom is -0.489 e. The summed E-state index contributed by atoms with van der Waals surface area (Å²) in [7, 11) is 0. The van der Waals surface area contributed by atoms with Crippen LogP contribution in [-0.4, -0.2) is 79.8 Å². The van der Waals surface area contributed by atoms with Gasteiger partial charge in [-0.25, -0.2) is 18.7 Å². The van der Waals surface area contributed by atoms with Crippen molar-refractivity contribution in [1.82, 2.24) is 29.7 Å². The molecule has 3 aliphatic heterocycles. The van der Waals surface area contributed by atoms with Gasteiger partial charge in [0.25, 0.3) is 0 Å². The number of carbonyl (C=O) groups is 1. The fourth-order valence-corrected chi connectivity index (χ4v) is 5.14. The standard InChI is InChI=1S/C25H28FN7O3/c1-25(2,3)36-24(34)33-16-8-17(33)13-31(12-16)21-5-4-15(10-27-21)19-9-18(35-7-6-26)14-32-22(19)20-11-28-29-23(20)30-32/h4-5,9-11,14,16-17H,6-8,12-13H2,1-3H3,(H,29,30). The second-order valence-electron chi connectivity index (χ2n) is 10.3. The topological polar surface area (TPSA) is 101 Å². The number of ether oxygens (including phenoxy) is 2. The lowest BCUT2D eigenvalue weighted by Crippen LogP contribution is -2.70. The Hall–Kier alpha value is -3.89. The van der Waals surface area contributed by atoms with E-state index in [1.807, 2.05) is 50.1 Å². The molecule has 3 saturated heterocycles. The highest BCUT2D eigenvalue weighted by Crippen LogP contribution is 2.37. The number of piperazine rings is 1. The lowest BCUT2D eigenvalue weighted by atomic mass is 9.88. The molecule has 0 spiro atoms. The van der Waals surface area contributed by atoms with Crippen LogP contribution in [0, 0.1) is 0 Å². The summed E-state index contributed by atoms with van der Waals surface area (Å²) in [6.07, 6.45) is 6.05. The number of anilines is 1. The van der Waals surface area contributed by atoms with Crippen LogP contribution in [0.5, 0.6) is 5.75 Å². The van der Waals surface area contributed by atoms with Crippen molar-refractivity contribution in [2.75, 3.05) is 31.3 Å². The molecule has 7 rings (SSSR count). The maximum atomic E-state index is 12.7. The van der Waals surface area contributed by atoms with Gasteiger partial charge in [0, 0.05) is 30.4 Å². The zero-order valence-electron chi connectivity index (χ0n) is 20.4. The van der Waals surface area contributed by atoms with E-state index in [-0.39, 0.29) is 24.8 Å². The Bertz CT molecular complexity index is 1410. The van der Waals surface area contributed by atoms with Crippen LogP contribution >= 0.6 is 0 Å². The van der Waals surface area contributed by atoms with Crippen LogP contribution in [-0.2, 0) is 4.74 Å². The third kappa shape index (κ3) is 3.88. The van der Waals surface area contributed by atoms with Gasteiger partial charge in [0.1, 0.15) is 30.4 Å². The summed E-state index contributed by atoms with van der Waals surface area (Å²) < 4.78 is 25.6. The second kappa shape index (κ2) is 8.35. The second-order valence-corrected chi connectivity index (χ2v) is 10.3. The summed E-state index contributed by atoms with van der Waals surface area (Å²) in [6, 6.07) is 6.15. The average Bonchev–Trinajstić information content (AvgIpc) is 3.42. The highest BCUT2D eigenvalue weighted by molar-refractivity contribution is 6.00. The fraction of sp³-hybridized carbons (Fsp3) is 0.440. The van der Waals surface area contributed by atoms with Gasteiger partial charge in [0.15, 0.2) is 5.65 Å². The molecule has 7 heterocycles. The molecule has 0 aromatic carbocycles. The third-order valence-corrected chi connectivity index (χ3v) is 6.63. The van der Waals surface area contributed by atoms with Gasteiger partial charge in [-0.3, -0.25) is 10.00 Å². The highest BCUT2D eigenvalue weighted by Gasteiger charge is 2.49. The van der Waals surface area contributed by atoms with Crippen molar-refractivity contribution in [2.45, 2.75) is 44.9 Å². The summed E-state index contributed by atoms with van der Waals surface area (Å²) >= 11 is 0. The Morgan fingerprint density at radius 1 is 1.22 bits per heavy atom. The molecule has 11 heteroatoms. The summed E-state index contributed by atoms with van der Waals surface area (Å²) in [6.45, 7) is 6.49. The van der Waals surface area contributed by atoms with E-state index >= 15 is 0 Å². The number of carbonyl (C=O) groups excluding carboxylic acids is 1. The van der Waals surface area contributed by atoms with E-state index < -0.39 is 12.3 Å². The molecule has 3 aliphatic rings. The number of amides is 1. The zero-order valence-corrected chi connectivity index (χ0v) is 20.4. The molecule has 1 amide bonds. The number of pyridine rings is 2. The van der Waals surface area contributed by atoms with E-state index in [2.05, 4.69) is 20.2 Å². The van der Waals surface area contributed by atoms with Gasteiger partial charge in [-0.2, -0.15) is 5.10 Å². The monoisotopic (exact) mass is 493 g/mol. The van der Waals surface area contributed by atoms with Crippen molar-refractivity contribution in [3.05, 3.63) is 36.8 Å². The molecule has 4 aromatic heterocycles. The van der Waals surface area contributed by atoms with Crippen molar-refractivity contribution >= 4 is 28.5 Å². The Kier molecular flexibility index (Phi) is 5.24. The first-order chi connectivity index (χ1) is 17.3. The van der Waals surface area contributed by atoms with E-state index in [4.69, 9.17) is 14.5 Å². The van der Waals surface area contributed by atoms with Crippen molar-refractivity contribution in [3.8, 4) is 16.9 Å². The van der Waals surface area contributed by atoms with Crippen LogP contribution in [0.25, 0.3) is 27.7 Å². The number of aromatic amines is 1. The highest BCUT2D eigenvalue weighted by atomic mass is 19.1. The number of rotatable bonds is 5.